The molecule has 3 heterocycles. The molecule has 2 amide bonds. The van der Waals surface area contributed by atoms with Crippen LogP contribution < -0.4 is 5.32 Å². The minimum Gasteiger partial charge on any atom is -0.368 e. The average molecular weight is 378 g/mol. The van der Waals surface area contributed by atoms with Crippen LogP contribution in [-0.2, 0) is 14.3 Å². The van der Waals surface area contributed by atoms with Crippen molar-refractivity contribution in [1.82, 2.24) is 15.1 Å². The lowest BCUT2D eigenvalue weighted by Gasteiger charge is -2.55. The van der Waals surface area contributed by atoms with Crippen LogP contribution in [0.4, 0.5) is 0 Å². The maximum atomic E-state index is 13.2. The van der Waals surface area contributed by atoms with Crippen LogP contribution in [0.1, 0.15) is 58.8 Å². The zero-order valence-electron chi connectivity index (χ0n) is 16.9. The molecule has 1 aliphatic carbocycles. The van der Waals surface area contributed by atoms with Crippen LogP contribution >= 0.6 is 0 Å². The highest BCUT2D eigenvalue weighted by Crippen LogP contribution is 2.40. The second-order valence-corrected chi connectivity index (χ2v) is 9.08. The van der Waals surface area contributed by atoms with E-state index in [2.05, 4.69) is 22.0 Å². The van der Waals surface area contributed by atoms with Gasteiger partial charge in [0, 0.05) is 26.1 Å². The molecule has 27 heavy (non-hydrogen) atoms. The van der Waals surface area contributed by atoms with Gasteiger partial charge in [0.25, 0.3) is 5.91 Å². The Morgan fingerprint density at radius 2 is 1.89 bits per heavy atom. The Hall–Kier alpha value is -1.14. The number of amides is 2. The van der Waals surface area contributed by atoms with E-state index in [1.807, 2.05) is 0 Å². The fourth-order valence-electron chi connectivity index (χ4n) is 6.12. The van der Waals surface area contributed by atoms with Gasteiger partial charge in [-0.15, -0.1) is 0 Å². The highest BCUT2D eigenvalue weighted by atomic mass is 16.5. The molecule has 1 saturated carbocycles. The van der Waals surface area contributed by atoms with Crippen LogP contribution in [-0.4, -0.2) is 72.1 Å². The summed E-state index contributed by atoms with van der Waals surface area (Å²) in [6.45, 7) is 7.36. The second-order valence-electron chi connectivity index (χ2n) is 9.08. The van der Waals surface area contributed by atoms with Gasteiger partial charge in [-0.05, 0) is 76.8 Å². The Balaban J connectivity index is 1.55. The molecule has 6 heteroatoms. The standard InChI is InChI=1S/C21H35N3O3/c1-14-13-23(21(26)20-6-4-10-27-20)19-11-16(17-5-3-9-22-12-17)7-8-18(19)24(14)15(2)25/h14,16-20,22H,3-13H2,1-2H3/t14-,16?,17?,18?,19?,20?/m0/s1. The average Bonchev–Trinajstić information content (AvgIpc) is 3.21. The first-order valence-corrected chi connectivity index (χ1v) is 11.0. The number of hydrogen-bond acceptors (Lipinski definition) is 4. The molecule has 0 bridgehead atoms. The van der Waals surface area contributed by atoms with Crippen LogP contribution in [0.25, 0.3) is 0 Å². The van der Waals surface area contributed by atoms with Crippen LogP contribution in [0.2, 0.25) is 0 Å². The highest BCUT2D eigenvalue weighted by Gasteiger charge is 2.48. The summed E-state index contributed by atoms with van der Waals surface area (Å²) in [5.41, 5.74) is 0. The maximum Gasteiger partial charge on any atom is 0.252 e. The number of rotatable bonds is 2. The molecule has 5 unspecified atom stereocenters. The van der Waals surface area contributed by atoms with E-state index in [0.717, 1.165) is 38.8 Å². The number of carbonyl (C=O) groups is 2. The summed E-state index contributed by atoms with van der Waals surface area (Å²) < 4.78 is 5.72. The van der Waals surface area contributed by atoms with Gasteiger partial charge >= 0.3 is 0 Å². The lowest BCUT2D eigenvalue weighted by Crippen LogP contribution is -2.68. The number of ether oxygens (including phenoxy) is 1. The van der Waals surface area contributed by atoms with Gasteiger partial charge < -0.3 is 19.9 Å². The van der Waals surface area contributed by atoms with E-state index >= 15 is 0 Å². The van der Waals surface area contributed by atoms with Gasteiger partial charge in [-0.3, -0.25) is 9.59 Å². The van der Waals surface area contributed by atoms with Crippen molar-refractivity contribution in [2.24, 2.45) is 11.8 Å². The third-order valence-corrected chi connectivity index (χ3v) is 7.37. The van der Waals surface area contributed by atoms with Gasteiger partial charge in [0.05, 0.1) is 12.1 Å². The molecule has 4 fully saturated rings. The first-order chi connectivity index (χ1) is 13.1. The van der Waals surface area contributed by atoms with E-state index in [1.54, 1.807) is 6.92 Å². The number of carbonyl (C=O) groups excluding carboxylic acids is 2. The van der Waals surface area contributed by atoms with Gasteiger partial charge in [-0.1, -0.05) is 0 Å². The molecule has 0 aromatic carbocycles. The van der Waals surface area contributed by atoms with Gasteiger partial charge in [0.2, 0.25) is 5.91 Å². The first kappa shape index (κ1) is 19.2. The van der Waals surface area contributed by atoms with E-state index in [0.29, 0.717) is 25.0 Å². The number of hydrogen-bond donors (Lipinski definition) is 1. The third kappa shape index (κ3) is 3.75. The molecule has 3 saturated heterocycles. The lowest BCUT2D eigenvalue weighted by molar-refractivity contribution is -0.160. The number of piperidine rings is 1. The molecule has 6 atom stereocenters. The number of nitrogens with one attached hydrogen (secondary N) is 1. The molecular formula is C21H35N3O3. The molecule has 0 aromatic heterocycles. The predicted molar refractivity (Wildman–Crippen MR) is 103 cm³/mol. The van der Waals surface area contributed by atoms with E-state index < -0.39 is 0 Å². The van der Waals surface area contributed by atoms with Crippen molar-refractivity contribution in [2.75, 3.05) is 26.2 Å². The van der Waals surface area contributed by atoms with E-state index in [9.17, 15) is 9.59 Å². The van der Waals surface area contributed by atoms with E-state index in [1.165, 1.54) is 19.3 Å². The Morgan fingerprint density at radius 3 is 2.56 bits per heavy atom. The Bertz CT molecular complexity index is 557. The van der Waals surface area contributed by atoms with Crippen molar-refractivity contribution < 1.29 is 14.3 Å². The second kappa shape index (κ2) is 8.08. The molecule has 6 nitrogen and oxygen atoms in total. The molecule has 1 N–H and O–H groups in total. The minimum atomic E-state index is -0.265. The number of piperazine rings is 1. The number of fused-ring (bicyclic) bond motifs is 1. The normalized spacial score (nSPS) is 39.9. The maximum absolute atomic E-state index is 13.2. The molecular weight excluding hydrogens is 342 g/mol. The molecule has 3 aliphatic heterocycles. The van der Waals surface area contributed by atoms with Crippen molar-refractivity contribution >= 4 is 11.8 Å². The summed E-state index contributed by atoms with van der Waals surface area (Å²) in [5, 5.41) is 3.55. The minimum absolute atomic E-state index is 0.0852. The lowest BCUT2D eigenvalue weighted by atomic mass is 9.71. The molecule has 0 radical (unpaired) electrons. The molecule has 152 valence electrons. The van der Waals surface area contributed by atoms with Crippen LogP contribution in [0, 0.1) is 11.8 Å². The quantitative estimate of drug-likeness (QED) is 0.797. The summed E-state index contributed by atoms with van der Waals surface area (Å²) in [6.07, 6.45) is 7.32. The van der Waals surface area contributed by atoms with Crippen molar-refractivity contribution in [2.45, 2.75) is 83.0 Å². The van der Waals surface area contributed by atoms with Gasteiger partial charge in [0.15, 0.2) is 0 Å². The van der Waals surface area contributed by atoms with Gasteiger partial charge in [0.1, 0.15) is 6.10 Å². The van der Waals surface area contributed by atoms with Crippen LogP contribution in [0.3, 0.4) is 0 Å². The van der Waals surface area contributed by atoms with E-state index in [-0.39, 0.29) is 36.0 Å². The molecule has 4 aliphatic rings. The zero-order chi connectivity index (χ0) is 19.0. The van der Waals surface area contributed by atoms with Crippen molar-refractivity contribution in [3.8, 4) is 0 Å². The van der Waals surface area contributed by atoms with Crippen LogP contribution in [0.5, 0.6) is 0 Å². The SMILES string of the molecule is CC(=O)N1C2CCC(C3CCCNC3)CC2N(C(=O)C2CCCO2)C[C@@H]1C. The Morgan fingerprint density at radius 1 is 1.04 bits per heavy atom. The zero-order valence-corrected chi connectivity index (χ0v) is 16.9. The first-order valence-electron chi connectivity index (χ1n) is 11.0. The molecule has 4 rings (SSSR count). The largest absolute Gasteiger partial charge is 0.368 e. The van der Waals surface area contributed by atoms with Crippen molar-refractivity contribution in [3.05, 3.63) is 0 Å². The fraction of sp³-hybridized carbons (Fsp3) is 0.905. The fourth-order valence-corrected chi connectivity index (χ4v) is 6.12. The van der Waals surface area contributed by atoms with Crippen molar-refractivity contribution in [3.63, 3.8) is 0 Å². The smallest absolute Gasteiger partial charge is 0.252 e. The van der Waals surface area contributed by atoms with Crippen molar-refractivity contribution in [1.29, 1.82) is 0 Å². The Labute approximate surface area is 163 Å². The summed E-state index contributed by atoms with van der Waals surface area (Å²) in [6, 6.07) is 0.411. The highest BCUT2D eigenvalue weighted by molar-refractivity contribution is 5.82. The van der Waals surface area contributed by atoms with Crippen LogP contribution in [0.15, 0.2) is 0 Å². The monoisotopic (exact) mass is 377 g/mol. The summed E-state index contributed by atoms with van der Waals surface area (Å²) in [4.78, 5) is 29.8. The topological polar surface area (TPSA) is 61.9 Å². The summed E-state index contributed by atoms with van der Waals surface area (Å²) >= 11 is 0. The summed E-state index contributed by atoms with van der Waals surface area (Å²) in [7, 11) is 0. The summed E-state index contributed by atoms with van der Waals surface area (Å²) in [5.74, 6) is 1.69. The number of nitrogens with zero attached hydrogens (tertiary/aromatic N) is 2. The predicted octanol–water partition coefficient (Wildman–Crippen LogP) is 1.78. The van der Waals surface area contributed by atoms with Gasteiger partial charge in [-0.25, -0.2) is 0 Å². The van der Waals surface area contributed by atoms with Gasteiger partial charge in [-0.2, -0.15) is 0 Å². The molecule has 0 aromatic rings. The Kier molecular flexibility index (Phi) is 5.74. The molecule has 0 spiro atoms. The van der Waals surface area contributed by atoms with E-state index in [4.69, 9.17) is 4.74 Å². The third-order valence-electron chi connectivity index (χ3n) is 7.37.